The smallest absolute Gasteiger partial charge is 0.188 e. The van der Waals surface area contributed by atoms with Crippen LogP contribution in [0.15, 0.2) is 71.4 Å². The van der Waals surface area contributed by atoms with Crippen LogP contribution in [0.25, 0.3) is 0 Å². The number of methoxy groups -OCH3 is 1. The second-order valence-electron chi connectivity index (χ2n) is 7.07. The van der Waals surface area contributed by atoms with E-state index in [2.05, 4.69) is 25.2 Å². The molecule has 0 radical (unpaired) electrons. The molecule has 1 aromatic rings. The molecule has 0 saturated carbocycles. The van der Waals surface area contributed by atoms with Crippen LogP contribution in [0.2, 0.25) is 0 Å². The molecule has 0 bridgehead atoms. The summed E-state index contributed by atoms with van der Waals surface area (Å²) in [4.78, 5) is 0.388. The maximum Gasteiger partial charge on any atom is 0.188 e. The average Bonchev–Trinajstić information content (AvgIpc) is 2.63. The second kappa shape index (κ2) is 7.80. The summed E-state index contributed by atoms with van der Waals surface area (Å²) in [7, 11) is -1.89. The topological polar surface area (TPSA) is 52.6 Å². The summed E-state index contributed by atoms with van der Waals surface area (Å²) in [5, 5.41) is -0.494. The minimum atomic E-state index is -3.45. The highest BCUT2D eigenvalue weighted by Gasteiger charge is 2.43. The number of fused-ring (bicyclic) bond motifs is 1. The Hall–Kier alpha value is -1.85. The van der Waals surface area contributed by atoms with Crippen molar-refractivity contribution in [2.45, 2.75) is 36.3 Å². The molecule has 0 spiro atoms. The standard InChI is InChI=1S/C21H26O4S/c1-21-13-8-4-7-11-20(26(22,23)18-9-5-3-6-10-18)19(21)15-17(12-14-21)25-16-24-2/h3,5-6,8-10,12-15,19-20H,4,7,11,16H2,1-2H3/b13-8-/t19-,20-,21-/m1/s1. The third-order valence-corrected chi connectivity index (χ3v) is 7.47. The zero-order chi connectivity index (χ0) is 18.6. The molecule has 2 aliphatic rings. The summed E-state index contributed by atoms with van der Waals surface area (Å²) in [5.74, 6) is 0.470. The Kier molecular flexibility index (Phi) is 5.68. The maximum absolute atomic E-state index is 13.4. The van der Waals surface area contributed by atoms with Crippen molar-refractivity contribution in [2.75, 3.05) is 13.9 Å². The molecule has 5 heteroatoms. The van der Waals surface area contributed by atoms with Crippen LogP contribution in [0, 0.1) is 11.3 Å². The molecule has 4 nitrogen and oxygen atoms in total. The lowest BCUT2D eigenvalue weighted by molar-refractivity contribution is 0.00822. The van der Waals surface area contributed by atoms with Crippen LogP contribution >= 0.6 is 0 Å². The lowest BCUT2D eigenvalue weighted by atomic mass is 9.70. The molecule has 1 aromatic carbocycles. The molecule has 2 aliphatic carbocycles. The first-order valence-electron chi connectivity index (χ1n) is 8.97. The molecule has 3 rings (SSSR count). The molecular weight excluding hydrogens is 348 g/mol. The number of ether oxygens (including phenoxy) is 2. The van der Waals surface area contributed by atoms with Gasteiger partial charge in [-0.1, -0.05) is 43.4 Å². The number of rotatable bonds is 5. The van der Waals surface area contributed by atoms with Gasteiger partial charge in [-0.05, 0) is 43.5 Å². The minimum absolute atomic E-state index is 0.144. The molecule has 0 heterocycles. The van der Waals surface area contributed by atoms with E-state index in [1.54, 1.807) is 31.4 Å². The predicted molar refractivity (Wildman–Crippen MR) is 102 cm³/mol. The summed E-state index contributed by atoms with van der Waals surface area (Å²) in [5.41, 5.74) is -0.354. The van der Waals surface area contributed by atoms with Crippen LogP contribution in [0.5, 0.6) is 0 Å². The summed E-state index contributed by atoms with van der Waals surface area (Å²) >= 11 is 0. The first kappa shape index (κ1) is 18.9. The molecule has 26 heavy (non-hydrogen) atoms. The summed E-state index contributed by atoms with van der Waals surface area (Å²) in [6.07, 6.45) is 12.6. The van der Waals surface area contributed by atoms with Gasteiger partial charge in [0.1, 0.15) is 5.76 Å². The van der Waals surface area contributed by atoms with Crippen molar-refractivity contribution >= 4 is 9.84 Å². The molecule has 140 valence electrons. The fourth-order valence-electron chi connectivity index (χ4n) is 3.77. The van der Waals surface area contributed by atoms with Gasteiger partial charge in [-0.25, -0.2) is 8.42 Å². The van der Waals surface area contributed by atoms with Crippen molar-refractivity contribution in [3.8, 4) is 0 Å². The molecule has 0 amide bonds. The van der Waals surface area contributed by atoms with Crippen LogP contribution in [0.3, 0.4) is 0 Å². The molecule has 0 unspecified atom stereocenters. The third kappa shape index (κ3) is 3.79. The molecule has 0 saturated heterocycles. The van der Waals surface area contributed by atoms with Crippen molar-refractivity contribution in [1.82, 2.24) is 0 Å². The fraction of sp³-hybridized carbons (Fsp3) is 0.429. The lowest BCUT2D eigenvalue weighted by Crippen LogP contribution is -2.40. The summed E-state index contributed by atoms with van der Waals surface area (Å²) in [6, 6.07) is 8.76. The van der Waals surface area contributed by atoms with Crippen LogP contribution in [-0.2, 0) is 19.3 Å². The molecule has 3 atom stereocenters. The molecule has 0 aliphatic heterocycles. The normalized spacial score (nSPS) is 29.8. The number of hydrogen-bond acceptors (Lipinski definition) is 4. The Morgan fingerprint density at radius 1 is 1.19 bits per heavy atom. The summed E-state index contributed by atoms with van der Waals surface area (Å²) in [6.45, 7) is 2.23. The Morgan fingerprint density at radius 3 is 2.69 bits per heavy atom. The highest BCUT2D eigenvalue weighted by molar-refractivity contribution is 7.92. The second-order valence-corrected chi connectivity index (χ2v) is 9.24. The lowest BCUT2D eigenvalue weighted by Gasteiger charge is -2.39. The van der Waals surface area contributed by atoms with E-state index in [0.29, 0.717) is 17.1 Å². The Bertz CT molecular complexity index is 808. The number of hydrogen-bond donors (Lipinski definition) is 0. The van der Waals surface area contributed by atoms with E-state index in [0.717, 1.165) is 12.8 Å². The van der Waals surface area contributed by atoms with Crippen LogP contribution in [0.4, 0.5) is 0 Å². The van der Waals surface area contributed by atoms with E-state index < -0.39 is 15.1 Å². The largest absolute Gasteiger partial charge is 0.468 e. The fourth-order valence-corrected chi connectivity index (χ4v) is 5.89. The summed E-state index contributed by atoms with van der Waals surface area (Å²) < 4.78 is 37.4. The van der Waals surface area contributed by atoms with Crippen LogP contribution in [-0.4, -0.2) is 27.6 Å². The van der Waals surface area contributed by atoms with Crippen molar-refractivity contribution in [3.63, 3.8) is 0 Å². The van der Waals surface area contributed by atoms with E-state index in [1.165, 1.54) is 0 Å². The van der Waals surface area contributed by atoms with Crippen molar-refractivity contribution < 1.29 is 17.9 Å². The van der Waals surface area contributed by atoms with Gasteiger partial charge in [0, 0.05) is 18.4 Å². The molecular formula is C21H26O4S. The van der Waals surface area contributed by atoms with E-state index in [9.17, 15) is 8.42 Å². The zero-order valence-electron chi connectivity index (χ0n) is 15.3. The minimum Gasteiger partial charge on any atom is -0.468 e. The first-order valence-corrected chi connectivity index (χ1v) is 10.5. The van der Waals surface area contributed by atoms with Gasteiger partial charge in [-0.2, -0.15) is 0 Å². The predicted octanol–water partition coefficient (Wildman–Crippen LogP) is 4.27. The van der Waals surface area contributed by atoms with Crippen molar-refractivity contribution in [2.24, 2.45) is 11.3 Å². The van der Waals surface area contributed by atoms with Crippen LogP contribution < -0.4 is 0 Å². The van der Waals surface area contributed by atoms with Gasteiger partial charge in [0.25, 0.3) is 0 Å². The van der Waals surface area contributed by atoms with E-state index in [1.807, 2.05) is 18.2 Å². The van der Waals surface area contributed by atoms with Gasteiger partial charge in [0.2, 0.25) is 0 Å². The highest BCUT2D eigenvalue weighted by atomic mass is 32.2. The average molecular weight is 375 g/mol. The van der Waals surface area contributed by atoms with Gasteiger partial charge in [0.15, 0.2) is 16.6 Å². The zero-order valence-corrected chi connectivity index (χ0v) is 16.1. The molecule has 0 aromatic heterocycles. The van der Waals surface area contributed by atoms with Gasteiger partial charge in [0.05, 0.1) is 10.1 Å². The Morgan fingerprint density at radius 2 is 1.96 bits per heavy atom. The van der Waals surface area contributed by atoms with Gasteiger partial charge >= 0.3 is 0 Å². The van der Waals surface area contributed by atoms with Gasteiger partial charge < -0.3 is 9.47 Å². The van der Waals surface area contributed by atoms with E-state index in [4.69, 9.17) is 9.47 Å². The van der Waals surface area contributed by atoms with Gasteiger partial charge in [-0.3, -0.25) is 0 Å². The SMILES string of the molecule is COCOC1=C[C@@H]2[C@H](S(=O)(=O)c3ccccc3)CCC/C=C\[C@]2(C)C=C1. The van der Waals surface area contributed by atoms with Crippen molar-refractivity contribution in [1.29, 1.82) is 0 Å². The quantitative estimate of drug-likeness (QED) is 0.571. The number of allylic oxidation sites excluding steroid dienone is 5. The highest BCUT2D eigenvalue weighted by Crippen LogP contribution is 2.44. The van der Waals surface area contributed by atoms with E-state index in [-0.39, 0.29) is 18.1 Å². The monoisotopic (exact) mass is 374 g/mol. The van der Waals surface area contributed by atoms with E-state index >= 15 is 0 Å². The Labute approximate surface area is 156 Å². The van der Waals surface area contributed by atoms with Crippen LogP contribution in [0.1, 0.15) is 26.2 Å². The maximum atomic E-state index is 13.4. The molecule has 0 fully saturated rings. The first-order chi connectivity index (χ1) is 12.5. The number of sulfone groups is 1. The van der Waals surface area contributed by atoms with Crippen molar-refractivity contribution in [3.05, 3.63) is 66.5 Å². The third-order valence-electron chi connectivity index (χ3n) is 5.22. The number of benzene rings is 1. The van der Waals surface area contributed by atoms with Gasteiger partial charge in [-0.15, -0.1) is 0 Å². The molecule has 0 N–H and O–H groups in total. The Balaban J connectivity index is 2.04.